The zero-order chi connectivity index (χ0) is 22.9. The van der Waals surface area contributed by atoms with E-state index in [4.69, 9.17) is 20.2 Å². The van der Waals surface area contributed by atoms with Crippen LogP contribution in [0.15, 0.2) is 12.1 Å². The zero-order valence-electron chi connectivity index (χ0n) is 20.1. The Morgan fingerprint density at radius 3 is 2.77 bits per heavy atom. The predicted molar refractivity (Wildman–Crippen MR) is 125 cm³/mol. The normalized spacial score (nSPS) is 15.8. The fourth-order valence-corrected chi connectivity index (χ4v) is 3.70. The summed E-state index contributed by atoms with van der Waals surface area (Å²) in [6, 6.07) is 3.78. The van der Waals surface area contributed by atoms with Crippen LogP contribution in [0.5, 0.6) is 0 Å². The molecule has 0 aliphatic carbocycles. The lowest BCUT2D eigenvalue weighted by Crippen LogP contribution is -2.41. The monoisotopic (exact) mass is 434 g/mol. The van der Waals surface area contributed by atoms with Gasteiger partial charge in [-0.1, -0.05) is 6.07 Å². The van der Waals surface area contributed by atoms with Gasteiger partial charge >= 0.3 is 5.97 Å². The number of aryl methyl sites for hydroxylation is 2. The predicted octanol–water partition coefficient (Wildman–Crippen LogP) is 3.16. The van der Waals surface area contributed by atoms with Crippen LogP contribution in [0.25, 0.3) is 0 Å². The molecular weight excluding hydrogens is 392 g/mol. The van der Waals surface area contributed by atoms with Gasteiger partial charge in [0, 0.05) is 32.4 Å². The minimum Gasteiger partial charge on any atom is -0.459 e. The van der Waals surface area contributed by atoms with Gasteiger partial charge in [-0.05, 0) is 84.4 Å². The number of carbonyl (C=O) groups is 1. The number of anilines is 1. The summed E-state index contributed by atoms with van der Waals surface area (Å²) in [7, 11) is 1.73. The number of fused-ring (bicyclic) bond motifs is 1. The Balaban J connectivity index is 1.78. The van der Waals surface area contributed by atoms with Crippen LogP contribution < -0.4 is 11.1 Å². The van der Waals surface area contributed by atoms with Gasteiger partial charge in [-0.3, -0.25) is 4.79 Å². The van der Waals surface area contributed by atoms with Crippen molar-refractivity contribution in [1.82, 2.24) is 9.88 Å². The number of nitrogens with two attached hydrogens (primary N) is 1. The summed E-state index contributed by atoms with van der Waals surface area (Å²) in [4.78, 5) is 19.3. The molecule has 0 spiro atoms. The lowest BCUT2D eigenvalue weighted by atomic mass is 10.1. The van der Waals surface area contributed by atoms with E-state index in [1.54, 1.807) is 7.11 Å². The summed E-state index contributed by atoms with van der Waals surface area (Å²) < 4.78 is 10.8. The van der Waals surface area contributed by atoms with Crippen molar-refractivity contribution in [2.75, 3.05) is 38.6 Å². The Bertz CT molecular complexity index is 690. The van der Waals surface area contributed by atoms with Gasteiger partial charge < -0.3 is 25.4 Å². The van der Waals surface area contributed by atoms with Crippen molar-refractivity contribution >= 4 is 11.8 Å². The number of pyridine rings is 1. The maximum Gasteiger partial charge on any atom is 0.323 e. The number of hydrogen-bond donors (Lipinski definition) is 2. The Morgan fingerprint density at radius 2 is 2.06 bits per heavy atom. The van der Waals surface area contributed by atoms with E-state index in [2.05, 4.69) is 29.3 Å². The number of nitrogens with zero attached hydrogens (tertiary/aromatic N) is 2. The molecule has 0 radical (unpaired) electrons. The van der Waals surface area contributed by atoms with Gasteiger partial charge in [0.05, 0.1) is 6.10 Å². The van der Waals surface area contributed by atoms with Crippen LogP contribution in [0.4, 0.5) is 5.82 Å². The molecule has 7 heteroatoms. The van der Waals surface area contributed by atoms with E-state index in [1.807, 2.05) is 20.8 Å². The first-order valence-electron chi connectivity index (χ1n) is 11.6. The first-order chi connectivity index (χ1) is 14.7. The molecule has 3 N–H and O–H groups in total. The third-order valence-electron chi connectivity index (χ3n) is 5.49. The second kappa shape index (κ2) is 12.4. The third-order valence-corrected chi connectivity index (χ3v) is 5.49. The summed E-state index contributed by atoms with van der Waals surface area (Å²) in [6.45, 7) is 11.2. The summed E-state index contributed by atoms with van der Waals surface area (Å²) in [6.07, 6.45) is 6.11. The molecule has 0 bridgehead atoms. The Labute approximate surface area is 188 Å². The van der Waals surface area contributed by atoms with Gasteiger partial charge in [-0.25, -0.2) is 4.98 Å². The van der Waals surface area contributed by atoms with Crippen LogP contribution in [0, 0.1) is 0 Å². The molecule has 2 heterocycles. The van der Waals surface area contributed by atoms with Crippen molar-refractivity contribution in [3.8, 4) is 0 Å². The van der Waals surface area contributed by atoms with E-state index < -0.39 is 11.6 Å². The highest BCUT2D eigenvalue weighted by Gasteiger charge is 2.23. The lowest BCUT2D eigenvalue weighted by Gasteiger charge is -2.27. The number of hydrogen-bond acceptors (Lipinski definition) is 7. The van der Waals surface area contributed by atoms with E-state index in [9.17, 15) is 4.79 Å². The van der Waals surface area contributed by atoms with Gasteiger partial charge in [0.2, 0.25) is 0 Å². The average Bonchev–Trinajstić information content (AvgIpc) is 2.73. The van der Waals surface area contributed by atoms with Crippen molar-refractivity contribution in [2.45, 2.75) is 84.0 Å². The van der Waals surface area contributed by atoms with Gasteiger partial charge in [-0.2, -0.15) is 0 Å². The highest BCUT2D eigenvalue weighted by atomic mass is 16.6. The van der Waals surface area contributed by atoms with E-state index >= 15 is 0 Å². The molecule has 1 aromatic rings. The van der Waals surface area contributed by atoms with Crippen molar-refractivity contribution in [3.63, 3.8) is 0 Å². The first kappa shape index (κ1) is 25.6. The molecule has 1 aromatic heterocycles. The van der Waals surface area contributed by atoms with Gasteiger partial charge in [0.15, 0.2) is 0 Å². The number of methoxy groups -OCH3 is 1. The van der Waals surface area contributed by atoms with E-state index in [0.717, 1.165) is 63.4 Å². The highest BCUT2D eigenvalue weighted by Crippen LogP contribution is 2.20. The van der Waals surface area contributed by atoms with E-state index in [1.165, 1.54) is 12.0 Å². The van der Waals surface area contributed by atoms with Crippen molar-refractivity contribution in [1.29, 1.82) is 0 Å². The molecule has 0 saturated heterocycles. The molecule has 1 unspecified atom stereocenters. The van der Waals surface area contributed by atoms with Gasteiger partial charge in [0.25, 0.3) is 0 Å². The van der Waals surface area contributed by atoms with Crippen LogP contribution in [-0.4, -0.2) is 66.9 Å². The maximum atomic E-state index is 12.2. The zero-order valence-corrected chi connectivity index (χ0v) is 20.1. The van der Waals surface area contributed by atoms with Crippen molar-refractivity contribution in [3.05, 3.63) is 23.4 Å². The minimum absolute atomic E-state index is 0.131. The number of carbonyl (C=O) groups excluding carboxylic acids is 1. The summed E-state index contributed by atoms with van der Waals surface area (Å²) in [5, 5.41) is 3.41. The molecular formula is C24H42N4O3. The fraction of sp³-hybridized carbons (Fsp3) is 0.750. The highest BCUT2D eigenvalue weighted by molar-refractivity contribution is 5.75. The topological polar surface area (TPSA) is 89.7 Å². The average molecular weight is 435 g/mol. The number of esters is 1. The number of unbranched alkanes of at least 4 members (excludes halogenated alkanes) is 1. The van der Waals surface area contributed by atoms with Crippen LogP contribution in [0.3, 0.4) is 0 Å². The van der Waals surface area contributed by atoms with Gasteiger partial charge in [-0.15, -0.1) is 0 Å². The van der Waals surface area contributed by atoms with E-state index in [0.29, 0.717) is 6.42 Å². The molecule has 0 aromatic carbocycles. The molecule has 0 fully saturated rings. The Hall–Kier alpha value is -1.70. The smallest absolute Gasteiger partial charge is 0.323 e. The number of aromatic nitrogens is 1. The summed E-state index contributed by atoms with van der Waals surface area (Å²) in [5.41, 5.74) is 8.04. The lowest BCUT2D eigenvalue weighted by molar-refractivity contribution is -0.156. The minimum atomic E-state index is -0.605. The fourth-order valence-electron chi connectivity index (χ4n) is 3.70. The second-order valence-corrected chi connectivity index (χ2v) is 9.57. The molecule has 176 valence electrons. The number of ether oxygens (including phenoxy) is 2. The van der Waals surface area contributed by atoms with Crippen molar-refractivity contribution in [2.24, 2.45) is 5.73 Å². The quantitative estimate of drug-likeness (QED) is 0.386. The van der Waals surface area contributed by atoms with E-state index in [-0.39, 0.29) is 12.1 Å². The molecule has 1 aliphatic heterocycles. The Kier molecular flexibility index (Phi) is 10.2. The van der Waals surface area contributed by atoms with Crippen LogP contribution in [0.1, 0.15) is 64.6 Å². The summed E-state index contributed by atoms with van der Waals surface area (Å²) >= 11 is 0. The molecule has 7 nitrogen and oxygen atoms in total. The maximum absolute atomic E-state index is 12.2. The Morgan fingerprint density at radius 1 is 1.29 bits per heavy atom. The second-order valence-electron chi connectivity index (χ2n) is 9.57. The molecule has 2 rings (SSSR count). The molecule has 31 heavy (non-hydrogen) atoms. The SMILES string of the molecule is CO[C@H](C)CN(CCCCc1ccc2c(n1)NCCC2)CCC(N)C(=O)OC(C)(C)C. The summed E-state index contributed by atoms with van der Waals surface area (Å²) in [5.74, 6) is 0.731. The standard InChI is InChI=1S/C24H42N4O3/c1-18(30-5)17-28(16-13-21(25)23(29)31-24(2,3)4)15-7-6-10-20-12-11-19-9-8-14-26-22(19)27-20/h11-12,18,21H,6-10,13-17,25H2,1-5H3,(H,26,27)/t18-,21?/m1/s1. The molecule has 0 amide bonds. The third kappa shape index (κ3) is 9.54. The largest absolute Gasteiger partial charge is 0.459 e. The first-order valence-corrected chi connectivity index (χ1v) is 11.6. The molecule has 0 saturated carbocycles. The number of rotatable bonds is 12. The molecule has 2 atom stereocenters. The van der Waals surface area contributed by atoms with Gasteiger partial charge in [0.1, 0.15) is 17.5 Å². The van der Waals surface area contributed by atoms with Crippen molar-refractivity contribution < 1.29 is 14.3 Å². The number of nitrogens with one attached hydrogen (secondary N) is 1. The van der Waals surface area contributed by atoms with Crippen LogP contribution in [-0.2, 0) is 27.1 Å². The van der Waals surface area contributed by atoms with Crippen LogP contribution in [0.2, 0.25) is 0 Å². The molecule has 1 aliphatic rings. The van der Waals surface area contributed by atoms with Crippen LogP contribution >= 0.6 is 0 Å².